The molecular formula is C14H24N2OS. The largest absolute Gasteiger partial charge is 0.374 e. The van der Waals surface area contributed by atoms with Crippen molar-refractivity contribution in [3.8, 4) is 0 Å². The highest BCUT2D eigenvalue weighted by molar-refractivity contribution is 7.09. The average Bonchev–Trinajstić information content (AvgIpc) is 2.82. The average molecular weight is 268 g/mol. The van der Waals surface area contributed by atoms with Crippen LogP contribution in [0, 0.1) is 5.92 Å². The molecule has 102 valence electrons. The molecule has 4 heteroatoms. The van der Waals surface area contributed by atoms with E-state index in [-0.39, 0.29) is 11.6 Å². The van der Waals surface area contributed by atoms with Crippen molar-refractivity contribution in [2.75, 3.05) is 6.61 Å². The van der Waals surface area contributed by atoms with Gasteiger partial charge in [-0.3, -0.25) is 4.98 Å². The molecular weight excluding hydrogens is 244 g/mol. The van der Waals surface area contributed by atoms with Gasteiger partial charge < -0.3 is 10.5 Å². The molecule has 1 aromatic rings. The van der Waals surface area contributed by atoms with Gasteiger partial charge >= 0.3 is 0 Å². The van der Waals surface area contributed by atoms with Gasteiger partial charge in [0.25, 0.3) is 0 Å². The minimum Gasteiger partial charge on any atom is -0.374 e. The van der Waals surface area contributed by atoms with E-state index < -0.39 is 0 Å². The lowest BCUT2D eigenvalue weighted by molar-refractivity contribution is -0.0923. The molecule has 18 heavy (non-hydrogen) atoms. The highest BCUT2D eigenvalue weighted by Crippen LogP contribution is 2.38. The molecule has 1 aliphatic carbocycles. The zero-order chi connectivity index (χ0) is 13.0. The van der Waals surface area contributed by atoms with Crippen molar-refractivity contribution >= 4 is 11.3 Å². The van der Waals surface area contributed by atoms with Crippen molar-refractivity contribution in [2.24, 2.45) is 11.7 Å². The maximum atomic E-state index is 6.48. The van der Waals surface area contributed by atoms with Crippen LogP contribution in [0.2, 0.25) is 0 Å². The second kappa shape index (κ2) is 6.13. The van der Waals surface area contributed by atoms with Gasteiger partial charge in [-0.2, -0.15) is 0 Å². The van der Waals surface area contributed by atoms with Gasteiger partial charge in [-0.15, -0.1) is 11.3 Å². The summed E-state index contributed by atoms with van der Waals surface area (Å²) in [5.74, 6) is 0.720. The first-order valence-corrected chi connectivity index (χ1v) is 7.81. The quantitative estimate of drug-likeness (QED) is 0.893. The van der Waals surface area contributed by atoms with Gasteiger partial charge in [0.2, 0.25) is 0 Å². The summed E-state index contributed by atoms with van der Waals surface area (Å²) in [6.07, 6.45) is 7.55. The fraction of sp³-hybridized carbons (Fsp3) is 0.786. The van der Waals surface area contributed by atoms with E-state index in [1.807, 2.05) is 11.7 Å². The molecule has 0 saturated heterocycles. The summed E-state index contributed by atoms with van der Waals surface area (Å²) in [5.41, 5.74) is 8.24. The summed E-state index contributed by atoms with van der Waals surface area (Å²) in [6, 6.07) is 0.0839. The topological polar surface area (TPSA) is 48.1 Å². The number of ether oxygens (including phenoxy) is 1. The standard InChI is InChI=1S/C14H24N2OS/c1-3-17-14(6-4-5-11(2)8-14)13(15)7-12-9-16-10-18-12/h9-11,13H,3-8,15H2,1-2H3. The van der Waals surface area contributed by atoms with E-state index in [1.54, 1.807) is 11.3 Å². The van der Waals surface area contributed by atoms with E-state index in [2.05, 4.69) is 18.8 Å². The van der Waals surface area contributed by atoms with Crippen LogP contribution < -0.4 is 5.73 Å². The number of hydrogen-bond acceptors (Lipinski definition) is 4. The smallest absolute Gasteiger partial charge is 0.0838 e. The number of thiazole rings is 1. The zero-order valence-electron chi connectivity index (χ0n) is 11.4. The number of nitrogens with two attached hydrogens (primary N) is 1. The maximum Gasteiger partial charge on any atom is 0.0838 e. The molecule has 3 nitrogen and oxygen atoms in total. The van der Waals surface area contributed by atoms with Gasteiger partial charge in [0.1, 0.15) is 0 Å². The third-order valence-electron chi connectivity index (χ3n) is 4.00. The van der Waals surface area contributed by atoms with Crippen LogP contribution in [-0.4, -0.2) is 23.2 Å². The first-order valence-electron chi connectivity index (χ1n) is 6.93. The molecule has 0 radical (unpaired) electrons. The predicted octanol–water partition coefficient (Wildman–Crippen LogP) is 3.00. The van der Waals surface area contributed by atoms with Crippen LogP contribution in [0.4, 0.5) is 0 Å². The number of aromatic nitrogens is 1. The molecule has 0 bridgehead atoms. The summed E-state index contributed by atoms with van der Waals surface area (Å²) < 4.78 is 6.11. The molecule has 0 spiro atoms. The highest BCUT2D eigenvalue weighted by Gasteiger charge is 2.41. The molecule has 1 aromatic heterocycles. The van der Waals surface area contributed by atoms with Gasteiger partial charge in [-0.1, -0.05) is 19.8 Å². The van der Waals surface area contributed by atoms with E-state index in [0.29, 0.717) is 0 Å². The van der Waals surface area contributed by atoms with E-state index in [1.165, 1.54) is 17.7 Å². The van der Waals surface area contributed by atoms with Crippen molar-refractivity contribution in [3.05, 3.63) is 16.6 Å². The summed E-state index contributed by atoms with van der Waals surface area (Å²) in [6.45, 7) is 5.13. The second-order valence-corrected chi connectivity index (χ2v) is 6.45. The van der Waals surface area contributed by atoms with Gasteiger partial charge in [0.05, 0.1) is 11.1 Å². The first-order chi connectivity index (χ1) is 8.66. The summed E-state index contributed by atoms with van der Waals surface area (Å²) in [5, 5.41) is 0. The van der Waals surface area contributed by atoms with Gasteiger partial charge in [-0.05, 0) is 25.7 Å². The molecule has 1 saturated carbocycles. The Hall–Kier alpha value is -0.450. The lowest BCUT2D eigenvalue weighted by Crippen LogP contribution is -2.53. The predicted molar refractivity (Wildman–Crippen MR) is 75.8 cm³/mol. The first kappa shape index (κ1) is 14.0. The monoisotopic (exact) mass is 268 g/mol. The Bertz CT molecular complexity index is 351. The van der Waals surface area contributed by atoms with Crippen molar-refractivity contribution in [1.82, 2.24) is 4.98 Å². The third-order valence-corrected chi connectivity index (χ3v) is 4.80. The SMILES string of the molecule is CCOC1(C(N)Cc2cncs2)CCCC(C)C1. The van der Waals surface area contributed by atoms with E-state index >= 15 is 0 Å². The molecule has 0 aliphatic heterocycles. The summed E-state index contributed by atoms with van der Waals surface area (Å²) in [7, 11) is 0. The van der Waals surface area contributed by atoms with Gasteiger partial charge in [0.15, 0.2) is 0 Å². The van der Waals surface area contributed by atoms with Crippen LogP contribution in [-0.2, 0) is 11.2 Å². The minimum atomic E-state index is -0.115. The Morgan fingerprint density at radius 1 is 1.67 bits per heavy atom. The Morgan fingerprint density at radius 2 is 2.50 bits per heavy atom. The molecule has 0 aromatic carbocycles. The van der Waals surface area contributed by atoms with E-state index in [0.717, 1.165) is 31.8 Å². The van der Waals surface area contributed by atoms with Crippen molar-refractivity contribution in [3.63, 3.8) is 0 Å². The molecule has 3 atom stereocenters. The Kier molecular flexibility index (Phi) is 4.76. The fourth-order valence-electron chi connectivity index (χ4n) is 3.15. The molecule has 0 amide bonds. The van der Waals surface area contributed by atoms with Crippen LogP contribution in [0.15, 0.2) is 11.7 Å². The van der Waals surface area contributed by atoms with Crippen LogP contribution in [0.5, 0.6) is 0 Å². The Balaban J connectivity index is 2.08. The van der Waals surface area contributed by atoms with Crippen LogP contribution >= 0.6 is 11.3 Å². The van der Waals surface area contributed by atoms with Crippen molar-refractivity contribution in [2.45, 2.75) is 57.6 Å². The normalized spacial score (nSPS) is 30.3. The summed E-state index contributed by atoms with van der Waals surface area (Å²) >= 11 is 1.69. The number of nitrogens with zero attached hydrogens (tertiary/aromatic N) is 1. The maximum absolute atomic E-state index is 6.48. The minimum absolute atomic E-state index is 0.0839. The third kappa shape index (κ3) is 3.11. The van der Waals surface area contributed by atoms with Gasteiger partial charge in [0, 0.05) is 30.1 Å². The lowest BCUT2D eigenvalue weighted by Gasteiger charge is -2.43. The van der Waals surface area contributed by atoms with E-state index in [9.17, 15) is 0 Å². The molecule has 2 N–H and O–H groups in total. The summed E-state index contributed by atoms with van der Waals surface area (Å²) in [4.78, 5) is 5.39. The molecule has 1 aliphatic rings. The van der Waals surface area contributed by atoms with Crippen molar-refractivity contribution < 1.29 is 4.74 Å². The molecule has 2 rings (SSSR count). The van der Waals surface area contributed by atoms with E-state index in [4.69, 9.17) is 10.5 Å². The fourth-order valence-corrected chi connectivity index (χ4v) is 3.81. The Labute approximate surface area is 114 Å². The Morgan fingerprint density at radius 3 is 3.11 bits per heavy atom. The molecule has 1 fully saturated rings. The molecule has 1 heterocycles. The van der Waals surface area contributed by atoms with Crippen molar-refractivity contribution in [1.29, 1.82) is 0 Å². The zero-order valence-corrected chi connectivity index (χ0v) is 12.2. The van der Waals surface area contributed by atoms with Gasteiger partial charge in [-0.25, -0.2) is 0 Å². The second-order valence-electron chi connectivity index (χ2n) is 5.48. The number of hydrogen-bond donors (Lipinski definition) is 1. The molecule has 3 unspecified atom stereocenters. The van der Waals surface area contributed by atoms with Crippen LogP contribution in [0.25, 0.3) is 0 Å². The van der Waals surface area contributed by atoms with Crippen LogP contribution in [0.1, 0.15) is 44.4 Å². The van der Waals surface area contributed by atoms with Crippen LogP contribution in [0.3, 0.4) is 0 Å². The lowest BCUT2D eigenvalue weighted by atomic mass is 9.74. The number of rotatable bonds is 5. The highest BCUT2D eigenvalue weighted by atomic mass is 32.1.